The van der Waals surface area contributed by atoms with Crippen molar-refractivity contribution in [1.29, 1.82) is 0 Å². The molecular weight excluding hydrogens is 269 g/mol. The highest BCUT2D eigenvalue weighted by atomic mass is 19.4. The molecule has 0 atom stereocenters. The van der Waals surface area contributed by atoms with Crippen molar-refractivity contribution in [3.63, 3.8) is 0 Å². The molecule has 1 aliphatic rings. The van der Waals surface area contributed by atoms with Gasteiger partial charge < -0.3 is 4.98 Å². The molecule has 1 heterocycles. The van der Waals surface area contributed by atoms with Gasteiger partial charge in [-0.3, -0.25) is 4.79 Å². The lowest BCUT2D eigenvalue weighted by Gasteiger charge is -2.12. The van der Waals surface area contributed by atoms with E-state index in [1.165, 1.54) is 24.3 Å². The summed E-state index contributed by atoms with van der Waals surface area (Å²) in [5, 5.41) is 0. The third-order valence-electron chi connectivity index (χ3n) is 3.24. The first kappa shape index (κ1) is 12.9. The molecule has 2 aromatic rings. The van der Waals surface area contributed by atoms with Gasteiger partial charge in [0.05, 0.1) is 11.3 Å². The average Bonchev–Trinajstić information content (AvgIpc) is 3.21. The molecule has 0 spiro atoms. The summed E-state index contributed by atoms with van der Waals surface area (Å²) in [6.07, 6.45) is -2.63. The van der Waals surface area contributed by atoms with Gasteiger partial charge in [0.15, 0.2) is 0 Å². The van der Waals surface area contributed by atoms with Crippen molar-refractivity contribution < 1.29 is 13.2 Å². The van der Waals surface area contributed by atoms with Crippen molar-refractivity contribution in [1.82, 2.24) is 9.97 Å². The van der Waals surface area contributed by atoms with Crippen molar-refractivity contribution in [3.8, 4) is 11.4 Å². The minimum Gasteiger partial charge on any atom is -0.307 e. The fraction of sp³-hybridized carbons (Fsp3) is 0.286. The summed E-state index contributed by atoms with van der Waals surface area (Å²) in [6.45, 7) is 0. The number of aromatic amines is 1. The molecule has 3 rings (SSSR count). The van der Waals surface area contributed by atoms with Gasteiger partial charge in [-0.1, -0.05) is 18.2 Å². The summed E-state index contributed by atoms with van der Waals surface area (Å²) in [5.74, 6) is 0.182. The summed E-state index contributed by atoms with van der Waals surface area (Å²) >= 11 is 0. The lowest BCUT2D eigenvalue weighted by molar-refractivity contribution is -0.137. The van der Waals surface area contributed by atoms with Crippen LogP contribution in [0.15, 0.2) is 35.1 Å². The van der Waals surface area contributed by atoms with E-state index >= 15 is 0 Å². The minimum atomic E-state index is -4.48. The van der Waals surface area contributed by atoms with E-state index < -0.39 is 17.3 Å². The maximum Gasteiger partial charge on any atom is 0.417 e. The van der Waals surface area contributed by atoms with E-state index in [-0.39, 0.29) is 17.3 Å². The Morgan fingerprint density at radius 1 is 1.20 bits per heavy atom. The van der Waals surface area contributed by atoms with Crippen LogP contribution < -0.4 is 5.56 Å². The molecule has 0 bridgehead atoms. The van der Waals surface area contributed by atoms with Crippen LogP contribution in [0.3, 0.4) is 0 Å². The summed E-state index contributed by atoms with van der Waals surface area (Å²) in [5.41, 5.74) is -0.745. The van der Waals surface area contributed by atoms with Crippen LogP contribution in [0.4, 0.5) is 13.2 Å². The molecule has 20 heavy (non-hydrogen) atoms. The first-order valence-corrected chi connectivity index (χ1v) is 6.23. The molecule has 1 aromatic heterocycles. The van der Waals surface area contributed by atoms with Crippen molar-refractivity contribution in [2.45, 2.75) is 24.9 Å². The van der Waals surface area contributed by atoms with Gasteiger partial charge in [0.2, 0.25) is 0 Å². The highest BCUT2D eigenvalue weighted by Crippen LogP contribution is 2.40. The number of H-pyrrole nitrogens is 1. The van der Waals surface area contributed by atoms with Gasteiger partial charge in [-0.15, -0.1) is 0 Å². The molecule has 0 aliphatic heterocycles. The highest BCUT2D eigenvalue weighted by Gasteiger charge is 2.34. The van der Waals surface area contributed by atoms with Gasteiger partial charge in [-0.2, -0.15) is 13.2 Å². The van der Waals surface area contributed by atoms with Gasteiger partial charge in [0.25, 0.3) is 5.56 Å². The third-order valence-corrected chi connectivity index (χ3v) is 3.24. The Hall–Kier alpha value is -2.11. The van der Waals surface area contributed by atoms with E-state index in [1.54, 1.807) is 0 Å². The molecule has 1 aromatic carbocycles. The van der Waals surface area contributed by atoms with E-state index in [4.69, 9.17) is 0 Å². The van der Waals surface area contributed by atoms with Crippen molar-refractivity contribution in [3.05, 3.63) is 51.9 Å². The van der Waals surface area contributed by atoms with Gasteiger partial charge in [-0.25, -0.2) is 4.98 Å². The fourth-order valence-corrected chi connectivity index (χ4v) is 2.13. The SMILES string of the molecule is O=c1cc(C2CC2)nc(-c2ccccc2C(F)(F)F)[nH]1. The normalized spacial score (nSPS) is 15.3. The fourth-order valence-electron chi connectivity index (χ4n) is 2.13. The van der Waals surface area contributed by atoms with Crippen LogP contribution in [0.1, 0.15) is 30.0 Å². The lowest BCUT2D eigenvalue weighted by Crippen LogP contribution is -2.13. The number of rotatable bonds is 2. The predicted molar refractivity (Wildman–Crippen MR) is 67.3 cm³/mol. The number of aromatic nitrogens is 2. The number of benzene rings is 1. The molecule has 104 valence electrons. The van der Waals surface area contributed by atoms with Crippen LogP contribution in [-0.4, -0.2) is 9.97 Å². The number of hydrogen-bond acceptors (Lipinski definition) is 2. The van der Waals surface area contributed by atoms with Crippen molar-refractivity contribution in [2.24, 2.45) is 0 Å². The quantitative estimate of drug-likeness (QED) is 0.917. The average molecular weight is 280 g/mol. The molecule has 6 heteroatoms. The topological polar surface area (TPSA) is 45.8 Å². The summed E-state index contributed by atoms with van der Waals surface area (Å²) in [7, 11) is 0. The second-order valence-corrected chi connectivity index (χ2v) is 4.84. The molecule has 1 saturated carbocycles. The Morgan fingerprint density at radius 3 is 2.55 bits per heavy atom. The van der Waals surface area contributed by atoms with E-state index in [0.29, 0.717) is 5.69 Å². The highest BCUT2D eigenvalue weighted by molar-refractivity contribution is 5.61. The van der Waals surface area contributed by atoms with Crippen LogP contribution in [0.25, 0.3) is 11.4 Å². The van der Waals surface area contributed by atoms with Gasteiger partial charge in [0, 0.05) is 17.5 Å². The molecule has 1 fully saturated rings. The zero-order valence-corrected chi connectivity index (χ0v) is 10.4. The molecule has 0 unspecified atom stereocenters. The Kier molecular flexibility index (Phi) is 2.88. The molecule has 1 N–H and O–H groups in total. The predicted octanol–water partition coefficient (Wildman–Crippen LogP) is 3.33. The monoisotopic (exact) mass is 280 g/mol. The van der Waals surface area contributed by atoms with Crippen LogP contribution in [0.2, 0.25) is 0 Å². The zero-order valence-electron chi connectivity index (χ0n) is 10.4. The zero-order chi connectivity index (χ0) is 14.3. The van der Waals surface area contributed by atoms with Gasteiger partial charge in [-0.05, 0) is 18.9 Å². The van der Waals surface area contributed by atoms with Crippen molar-refractivity contribution in [2.75, 3.05) is 0 Å². The van der Waals surface area contributed by atoms with E-state index in [1.807, 2.05) is 0 Å². The Balaban J connectivity index is 2.16. The summed E-state index contributed by atoms with van der Waals surface area (Å²) < 4.78 is 39.0. The summed E-state index contributed by atoms with van der Waals surface area (Å²) in [4.78, 5) is 18.2. The van der Waals surface area contributed by atoms with Crippen LogP contribution >= 0.6 is 0 Å². The van der Waals surface area contributed by atoms with E-state index in [9.17, 15) is 18.0 Å². The second-order valence-electron chi connectivity index (χ2n) is 4.84. The van der Waals surface area contributed by atoms with Crippen molar-refractivity contribution >= 4 is 0 Å². The first-order valence-electron chi connectivity index (χ1n) is 6.23. The molecule has 0 saturated heterocycles. The molecule has 0 amide bonds. The Morgan fingerprint density at radius 2 is 1.90 bits per heavy atom. The van der Waals surface area contributed by atoms with Gasteiger partial charge in [0.1, 0.15) is 5.82 Å². The maximum absolute atomic E-state index is 13.0. The first-order chi connectivity index (χ1) is 9.45. The Labute approximate surface area is 112 Å². The van der Waals surface area contributed by atoms with Crippen LogP contribution in [-0.2, 0) is 6.18 Å². The second kappa shape index (κ2) is 4.47. The third kappa shape index (κ3) is 2.45. The van der Waals surface area contributed by atoms with E-state index in [2.05, 4.69) is 9.97 Å². The number of halogens is 3. The minimum absolute atomic E-state index is 0.0210. The number of nitrogens with one attached hydrogen (secondary N) is 1. The van der Waals surface area contributed by atoms with Gasteiger partial charge >= 0.3 is 6.18 Å². The lowest BCUT2D eigenvalue weighted by atomic mass is 10.1. The molecular formula is C14H11F3N2O. The van der Waals surface area contributed by atoms with Crippen LogP contribution in [0.5, 0.6) is 0 Å². The molecule has 0 radical (unpaired) electrons. The van der Waals surface area contributed by atoms with E-state index in [0.717, 1.165) is 18.9 Å². The summed E-state index contributed by atoms with van der Waals surface area (Å²) in [6, 6.07) is 6.47. The molecule has 1 aliphatic carbocycles. The number of hydrogen-bond donors (Lipinski definition) is 1. The Bertz CT molecular complexity index is 702. The largest absolute Gasteiger partial charge is 0.417 e. The number of alkyl halides is 3. The maximum atomic E-state index is 13.0. The molecule has 3 nitrogen and oxygen atoms in total. The standard InChI is InChI=1S/C14H11F3N2O/c15-14(16,17)10-4-2-1-3-9(10)13-18-11(8-5-6-8)7-12(20)19-13/h1-4,7-8H,5-6H2,(H,18,19,20). The number of nitrogens with zero attached hydrogens (tertiary/aromatic N) is 1. The van der Waals surface area contributed by atoms with Crippen LogP contribution in [0, 0.1) is 0 Å². The smallest absolute Gasteiger partial charge is 0.307 e.